The van der Waals surface area contributed by atoms with Crippen molar-refractivity contribution in [1.82, 2.24) is 10.2 Å². The molecular weight excluding hydrogens is 291 g/mol. The quantitative estimate of drug-likeness (QED) is 0.918. The van der Waals surface area contributed by atoms with Gasteiger partial charge in [0.15, 0.2) is 0 Å². The number of rotatable bonds is 3. The largest absolute Gasteiger partial charge is 0.316 e. The minimum atomic E-state index is 0. The van der Waals surface area contributed by atoms with Crippen LogP contribution < -0.4 is 5.32 Å². The van der Waals surface area contributed by atoms with E-state index >= 15 is 0 Å². The average Bonchev–Trinajstić information content (AvgIpc) is 2.34. The summed E-state index contributed by atoms with van der Waals surface area (Å²) < 4.78 is 0. The lowest BCUT2D eigenvalue weighted by atomic mass is 10.1. The first-order valence-electron chi connectivity index (χ1n) is 6.02. The molecular formula is C13H19Cl3N2. The van der Waals surface area contributed by atoms with Crippen molar-refractivity contribution in [2.75, 3.05) is 20.1 Å². The Morgan fingerprint density at radius 2 is 2.11 bits per heavy atom. The van der Waals surface area contributed by atoms with Crippen LogP contribution in [0.4, 0.5) is 0 Å². The first kappa shape index (κ1) is 16.1. The van der Waals surface area contributed by atoms with Crippen LogP contribution in [0.3, 0.4) is 0 Å². The molecule has 18 heavy (non-hydrogen) atoms. The Bertz CT molecular complexity index is 384. The van der Waals surface area contributed by atoms with Gasteiger partial charge >= 0.3 is 0 Å². The van der Waals surface area contributed by atoms with E-state index in [9.17, 15) is 0 Å². The third kappa shape index (κ3) is 4.29. The van der Waals surface area contributed by atoms with Gasteiger partial charge in [0, 0.05) is 19.1 Å². The number of piperidine rings is 1. The minimum absolute atomic E-state index is 0. The van der Waals surface area contributed by atoms with Gasteiger partial charge in [-0.3, -0.25) is 4.90 Å². The van der Waals surface area contributed by atoms with Crippen LogP contribution in [0.15, 0.2) is 18.2 Å². The fourth-order valence-corrected chi connectivity index (χ4v) is 2.65. The molecule has 0 saturated carbocycles. The van der Waals surface area contributed by atoms with Crippen LogP contribution >= 0.6 is 35.6 Å². The first-order chi connectivity index (χ1) is 8.19. The van der Waals surface area contributed by atoms with E-state index in [4.69, 9.17) is 23.2 Å². The molecule has 1 unspecified atom stereocenters. The fourth-order valence-electron chi connectivity index (χ4n) is 2.33. The summed E-state index contributed by atoms with van der Waals surface area (Å²) in [5.74, 6) is 0. The summed E-state index contributed by atoms with van der Waals surface area (Å²) in [5.41, 5.74) is 1.23. The van der Waals surface area contributed by atoms with Gasteiger partial charge < -0.3 is 5.32 Å². The van der Waals surface area contributed by atoms with Gasteiger partial charge in [-0.05, 0) is 44.1 Å². The van der Waals surface area contributed by atoms with E-state index in [2.05, 4.69) is 16.3 Å². The van der Waals surface area contributed by atoms with Crippen molar-refractivity contribution in [2.24, 2.45) is 0 Å². The monoisotopic (exact) mass is 308 g/mol. The third-order valence-corrected chi connectivity index (χ3v) is 4.04. The van der Waals surface area contributed by atoms with Crippen LogP contribution in [0.2, 0.25) is 10.0 Å². The zero-order valence-electron chi connectivity index (χ0n) is 10.5. The Morgan fingerprint density at radius 1 is 1.33 bits per heavy atom. The number of likely N-dealkylation sites (tertiary alicyclic amines) is 1. The predicted molar refractivity (Wildman–Crippen MR) is 81.1 cm³/mol. The van der Waals surface area contributed by atoms with Gasteiger partial charge in [-0.2, -0.15) is 0 Å². The van der Waals surface area contributed by atoms with E-state index in [1.165, 1.54) is 24.9 Å². The molecule has 0 aliphatic carbocycles. The van der Waals surface area contributed by atoms with Gasteiger partial charge in [0.2, 0.25) is 0 Å². The van der Waals surface area contributed by atoms with E-state index < -0.39 is 0 Å². The van der Waals surface area contributed by atoms with Crippen molar-refractivity contribution in [3.8, 4) is 0 Å². The molecule has 1 aliphatic heterocycles. The summed E-state index contributed by atoms with van der Waals surface area (Å²) in [6, 6.07) is 6.51. The van der Waals surface area contributed by atoms with Crippen LogP contribution in [0, 0.1) is 0 Å². The second-order valence-corrected chi connectivity index (χ2v) is 5.43. The highest BCUT2D eigenvalue weighted by Crippen LogP contribution is 2.23. The van der Waals surface area contributed by atoms with Crippen molar-refractivity contribution >= 4 is 35.6 Å². The number of nitrogens with one attached hydrogen (secondary N) is 1. The maximum absolute atomic E-state index is 6.02. The van der Waals surface area contributed by atoms with Crippen molar-refractivity contribution in [3.05, 3.63) is 33.8 Å². The normalized spacial score (nSPS) is 20.5. The van der Waals surface area contributed by atoms with Crippen LogP contribution in [-0.4, -0.2) is 31.1 Å². The minimum Gasteiger partial charge on any atom is -0.316 e. The zero-order valence-corrected chi connectivity index (χ0v) is 12.8. The van der Waals surface area contributed by atoms with E-state index in [0.29, 0.717) is 16.1 Å². The lowest BCUT2D eigenvalue weighted by molar-refractivity contribution is 0.188. The van der Waals surface area contributed by atoms with Crippen molar-refractivity contribution < 1.29 is 0 Å². The molecule has 102 valence electrons. The summed E-state index contributed by atoms with van der Waals surface area (Å²) >= 11 is 11.9. The number of likely N-dealkylation sites (N-methyl/N-ethyl adjacent to an activating group) is 1. The molecule has 0 spiro atoms. The van der Waals surface area contributed by atoms with Crippen molar-refractivity contribution in [1.29, 1.82) is 0 Å². The van der Waals surface area contributed by atoms with E-state index in [1.54, 1.807) is 0 Å². The van der Waals surface area contributed by atoms with Crippen LogP contribution in [0.25, 0.3) is 0 Å². The number of benzene rings is 1. The Balaban J connectivity index is 0.00000162. The highest BCUT2D eigenvalue weighted by atomic mass is 35.5. The van der Waals surface area contributed by atoms with Crippen LogP contribution in [0.1, 0.15) is 18.4 Å². The SMILES string of the molecule is CNC1CCCN(Cc2ccc(Cl)c(Cl)c2)C1.Cl. The Labute approximate surface area is 125 Å². The lowest BCUT2D eigenvalue weighted by Crippen LogP contribution is -2.43. The second kappa shape index (κ2) is 7.56. The molecule has 2 rings (SSSR count). The fraction of sp³-hybridized carbons (Fsp3) is 0.538. The van der Waals surface area contributed by atoms with E-state index in [0.717, 1.165) is 13.1 Å². The highest BCUT2D eigenvalue weighted by Gasteiger charge is 2.18. The molecule has 5 heteroatoms. The summed E-state index contributed by atoms with van der Waals surface area (Å²) in [6.45, 7) is 3.23. The molecule has 2 nitrogen and oxygen atoms in total. The van der Waals surface area contributed by atoms with Gasteiger partial charge in [0.25, 0.3) is 0 Å². The van der Waals surface area contributed by atoms with Gasteiger partial charge in [-0.15, -0.1) is 12.4 Å². The average molecular weight is 310 g/mol. The molecule has 0 bridgehead atoms. The molecule has 1 aromatic rings. The first-order valence-corrected chi connectivity index (χ1v) is 6.78. The predicted octanol–water partition coefficient (Wildman–Crippen LogP) is 3.60. The topological polar surface area (TPSA) is 15.3 Å². The van der Waals surface area contributed by atoms with Gasteiger partial charge in [-0.25, -0.2) is 0 Å². The standard InChI is InChI=1S/C13H18Cl2N2.ClH/c1-16-11-3-2-6-17(9-11)8-10-4-5-12(14)13(15)7-10;/h4-5,7,11,16H,2-3,6,8-9H2,1H3;1H. The molecule has 1 aliphatic rings. The summed E-state index contributed by atoms with van der Waals surface area (Å²) in [7, 11) is 2.04. The molecule has 1 atom stereocenters. The number of halogens is 3. The van der Waals surface area contributed by atoms with E-state index in [1.807, 2.05) is 19.2 Å². The molecule has 0 radical (unpaired) electrons. The van der Waals surface area contributed by atoms with Gasteiger partial charge in [0.05, 0.1) is 10.0 Å². The number of nitrogens with zero attached hydrogens (tertiary/aromatic N) is 1. The molecule has 0 aromatic heterocycles. The Hall–Kier alpha value is 0.01000. The third-order valence-electron chi connectivity index (χ3n) is 3.30. The molecule has 1 aromatic carbocycles. The van der Waals surface area contributed by atoms with Crippen LogP contribution in [0.5, 0.6) is 0 Å². The number of hydrogen-bond donors (Lipinski definition) is 1. The van der Waals surface area contributed by atoms with E-state index in [-0.39, 0.29) is 12.4 Å². The lowest BCUT2D eigenvalue weighted by Gasteiger charge is -2.32. The Kier molecular flexibility index (Phi) is 6.75. The molecule has 1 saturated heterocycles. The Morgan fingerprint density at radius 3 is 2.78 bits per heavy atom. The van der Waals surface area contributed by atoms with Gasteiger partial charge in [-0.1, -0.05) is 29.3 Å². The van der Waals surface area contributed by atoms with Gasteiger partial charge in [0.1, 0.15) is 0 Å². The van der Waals surface area contributed by atoms with Crippen molar-refractivity contribution in [2.45, 2.75) is 25.4 Å². The summed E-state index contributed by atoms with van der Waals surface area (Å²) in [4.78, 5) is 2.46. The maximum Gasteiger partial charge on any atom is 0.0595 e. The maximum atomic E-state index is 6.02. The van der Waals surface area contributed by atoms with Crippen molar-refractivity contribution in [3.63, 3.8) is 0 Å². The van der Waals surface area contributed by atoms with Crippen LogP contribution in [-0.2, 0) is 6.54 Å². The summed E-state index contributed by atoms with van der Waals surface area (Å²) in [6.07, 6.45) is 2.53. The zero-order chi connectivity index (χ0) is 12.3. The highest BCUT2D eigenvalue weighted by molar-refractivity contribution is 6.42. The summed E-state index contributed by atoms with van der Waals surface area (Å²) in [5, 5.41) is 4.62. The molecule has 1 N–H and O–H groups in total. The molecule has 0 amide bonds. The number of hydrogen-bond acceptors (Lipinski definition) is 2. The second-order valence-electron chi connectivity index (χ2n) is 4.61. The smallest absolute Gasteiger partial charge is 0.0595 e. The molecule has 1 fully saturated rings. The molecule has 1 heterocycles.